The number of hydrogen-bond donors (Lipinski definition) is 2. The summed E-state index contributed by atoms with van der Waals surface area (Å²) in [5.41, 5.74) is 1.83. The Labute approximate surface area is 169 Å². The molecule has 0 atom stereocenters. The summed E-state index contributed by atoms with van der Waals surface area (Å²) in [5, 5.41) is 6.78. The summed E-state index contributed by atoms with van der Waals surface area (Å²) < 4.78 is 5.86. The molecule has 0 unspecified atom stereocenters. The highest BCUT2D eigenvalue weighted by Crippen LogP contribution is 2.51. The van der Waals surface area contributed by atoms with Gasteiger partial charge in [0.15, 0.2) is 5.96 Å². The van der Waals surface area contributed by atoms with E-state index in [2.05, 4.69) is 50.9 Å². The number of oxazole rings is 1. The number of rotatable bonds is 7. The molecule has 1 aliphatic rings. The second-order valence-corrected chi connectivity index (χ2v) is 8.43. The Morgan fingerprint density at radius 2 is 1.79 bits per heavy atom. The van der Waals surface area contributed by atoms with Gasteiger partial charge in [0.25, 0.3) is 0 Å². The van der Waals surface area contributed by atoms with Gasteiger partial charge in [-0.25, -0.2) is 4.98 Å². The van der Waals surface area contributed by atoms with Crippen LogP contribution in [0.5, 0.6) is 0 Å². The van der Waals surface area contributed by atoms with E-state index in [1.165, 1.54) is 17.7 Å². The minimum Gasteiger partial charge on any atom is -0.444 e. The second kappa shape index (κ2) is 8.52. The molecule has 28 heavy (non-hydrogen) atoms. The Morgan fingerprint density at radius 3 is 2.46 bits per heavy atom. The number of thioether (sulfide) groups is 1. The first-order valence-corrected chi connectivity index (χ1v) is 10.3. The Morgan fingerprint density at radius 1 is 1.07 bits per heavy atom. The van der Waals surface area contributed by atoms with E-state index >= 15 is 0 Å². The molecule has 0 aliphatic heterocycles. The lowest BCUT2D eigenvalue weighted by molar-refractivity contribution is 0.572. The van der Waals surface area contributed by atoms with Crippen LogP contribution in [-0.2, 0) is 6.54 Å². The first kappa shape index (κ1) is 18.6. The number of benzene rings is 2. The van der Waals surface area contributed by atoms with Crippen LogP contribution in [0.15, 0.2) is 81.2 Å². The normalized spacial score (nSPS) is 15.2. The first-order chi connectivity index (χ1) is 13.8. The van der Waals surface area contributed by atoms with Crippen LogP contribution in [0, 0.1) is 0 Å². The van der Waals surface area contributed by atoms with Crippen molar-refractivity contribution in [1.29, 1.82) is 0 Å². The molecule has 1 aliphatic carbocycles. The van der Waals surface area contributed by atoms with E-state index in [1.807, 2.05) is 42.1 Å². The average molecular weight is 393 g/mol. The summed E-state index contributed by atoms with van der Waals surface area (Å²) in [6, 6.07) is 20.5. The molecule has 1 fully saturated rings. The van der Waals surface area contributed by atoms with E-state index in [4.69, 9.17) is 4.42 Å². The summed E-state index contributed by atoms with van der Waals surface area (Å²) >= 11 is 1.95. The van der Waals surface area contributed by atoms with Gasteiger partial charge in [-0.2, -0.15) is 0 Å². The molecule has 6 heteroatoms. The number of aliphatic imine (C=N–C) groups is 1. The third kappa shape index (κ3) is 4.75. The van der Waals surface area contributed by atoms with Crippen LogP contribution in [0.3, 0.4) is 0 Å². The highest BCUT2D eigenvalue weighted by Gasteiger charge is 2.43. The van der Waals surface area contributed by atoms with Crippen molar-refractivity contribution >= 4 is 17.7 Å². The van der Waals surface area contributed by atoms with Crippen molar-refractivity contribution in [3.05, 3.63) is 72.6 Å². The van der Waals surface area contributed by atoms with Gasteiger partial charge in [-0.15, -0.1) is 11.8 Å². The van der Waals surface area contributed by atoms with Gasteiger partial charge in [0.1, 0.15) is 6.26 Å². The van der Waals surface area contributed by atoms with Crippen LogP contribution in [0.25, 0.3) is 11.5 Å². The van der Waals surface area contributed by atoms with Gasteiger partial charge in [0.2, 0.25) is 5.89 Å². The van der Waals surface area contributed by atoms with Crippen molar-refractivity contribution in [1.82, 2.24) is 15.6 Å². The van der Waals surface area contributed by atoms with E-state index in [1.54, 1.807) is 13.3 Å². The third-order valence-corrected chi connectivity index (χ3v) is 6.19. The van der Waals surface area contributed by atoms with E-state index < -0.39 is 0 Å². The van der Waals surface area contributed by atoms with Crippen LogP contribution >= 0.6 is 11.8 Å². The van der Waals surface area contributed by atoms with E-state index in [0.29, 0.717) is 12.4 Å². The minimum absolute atomic E-state index is 0.271. The van der Waals surface area contributed by atoms with Crippen molar-refractivity contribution in [3.63, 3.8) is 0 Å². The maximum absolute atomic E-state index is 5.59. The SMILES string of the molecule is CN=C(NCc1coc(-c2ccccc2)n1)NCC1(Sc2ccccc2)CC1. The van der Waals surface area contributed by atoms with Crippen LogP contribution in [0.4, 0.5) is 0 Å². The molecule has 144 valence electrons. The maximum atomic E-state index is 5.59. The molecule has 2 N–H and O–H groups in total. The first-order valence-electron chi connectivity index (χ1n) is 9.45. The van der Waals surface area contributed by atoms with Crippen LogP contribution in [0.2, 0.25) is 0 Å². The topological polar surface area (TPSA) is 62.5 Å². The largest absolute Gasteiger partial charge is 0.444 e. The molecule has 4 rings (SSSR count). The van der Waals surface area contributed by atoms with E-state index in [0.717, 1.165) is 23.8 Å². The molecule has 0 radical (unpaired) electrons. The van der Waals surface area contributed by atoms with Crippen LogP contribution in [-0.4, -0.2) is 29.3 Å². The zero-order valence-electron chi connectivity index (χ0n) is 15.9. The lowest BCUT2D eigenvalue weighted by Gasteiger charge is -2.18. The predicted octanol–water partition coefficient (Wildman–Crippen LogP) is 4.33. The molecular formula is C22H24N4OS. The highest BCUT2D eigenvalue weighted by atomic mass is 32.2. The van der Waals surface area contributed by atoms with Gasteiger partial charge in [0, 0.05) is 28.8 Å². The molecule has 1 saturated carbocycles. The fourth-order valence-corrected chi connectivity index (χ4v) is 4.18. The molecule has 1 heterocycles. The standard InChI is InChI=1S/C22H24N4OS/c1-23-21(25-16-22(12-13-22)28-19-10-6-3-7-11-19)24-14-18-15-27-20(26-18)17-8-4-2-5-9-17/h2-11,15H,12-14,16H2,1H3,(H2,23,24,25). The summed E-state index contributed by atoms with van der Waals surface area (Å²) in [5.74, 6) is 1.42. The summed E-state index contributed by atoms with van der Waals surface area (Å²) in [6.07, 6.45) is 4.14. The third-order valence-electron chi connectivity index (χ3n) is 4.70. The zero-order chi connectivity index (χ0) is 19.2. The molecule has 0 amide bonds. The fraction of sp³-hybridized carbons (Fsp3) is 0.273. The Bertz CT molecular complexity index is 920. The molecule has 2 aromatic carbocycles. The van der Waals surface area contributed by atoms with Crippen LogP contribution < -0.4 is 10.6 Å². The van der Waals surface area contributed by atoms with Crippen molar-refractivity contribution in [2.75, 3.05) is 13.6 Å². The molecule has 1 aromatic heterocycles. The lowest BCUT2D eigenvalue weighted by Crippen LogP contribution is -2.40. The van der Waals surface area contributed by atoms with E-state index in [-0.39, 0.29) is 4.75 Å². The Hall–Kier alpha value is -2.73. The number of hydrogen-bond acceptors (Lipinski definition) is 4. The Kier molecular flexibility index (Phi) is 5.67. The van der Waals surface area contributed by atoms with Gasteiger partial charge in [-0.05, 0) is 37.1 Å². The number of nitrogens with one attached hydrogen (secondary N) is 2. The van der Waals surface area contributed by atoms with E-state index in [9.17, 15) is 0 Å². The average Bonchev–Trinajstić information content (AvgIpc) is 3.34. The summed E-state index contributed by atoms with van der Waals surface area (Å²) in [7, 11) is 1.79. The smallest absolute Gasteiger partial charge is 0.226 e. The summed E-state index contributed by atoms with van der Waals surface area (Å²) in [4.78, 5) is 10.2. The number of guanidine groups is 1. The molecule has 0 bridgehead atoms. The van der Waals surface area contributed by atoms with Crippen molar-refractivity contribution in [2.24, 2.45) is 4.99 Å². The molecule has 0 saturated heterocycles. The predicted molar refractivity (Wildman–Crippen MR) is 114 cm³/mol. The van der Waals surface area contributed by atoms with Gasteiger partial charge >= 0.3 is 0 Å². The van der Waals surface area contributed by atoms with Crippen molar-refractivity contribution < 1.29 is 4.42 Å². The molecule has 0 spiro atoms. The van der Waals surface area contributed by atoms with Crippen LogP contribution in [0.1, 0.15) is 18.5 Å². The highest BCUT2D eigenvalue weighted by molar-refractivity contribution is 8.01. The zero-order valence-corrected chi connectivity index (χ0v) is 16.7. The molecule has 3 aromatic rings. The molecule has 5 nitrogen and oxygen atoms in total. The quantitative estimate of drug-likeness (QED) is 0.463. The Balaban J connectivity index is 1.28. The van der Waals surface area contributed by atoms with Crippen molar-refractivity contribution in [2.45, 2.75) is 29.0 Å². The summed E-state index contributed by atoms with van der Waals surface area (Å²) in [6.45, 7) is 1.45. The maximum Gasteiger partial charge on any atom is 0.226 e. The van der Waals surface area contributed by atoms with Gasteiger partial charge in [-0.3, -0.25) is 4.99 Å². The van der Waals surface area contributed by atoms with Gasteiger partial charge in [0.05, 0.1) is 12.2 Å². The monoisotopic (exact) mass is 392 g/mol. The number of aromatic nitrogens is 1. The molecular weight excluding hydrogens is 368 g/mol. The number of nitrogens with zero attached hydrogens (tertiary/aromatic N) is 2. The lowest BCUT2D eigenvalue weighted by atomic mass is 10.2. The van der Waals surface area contributed by atoms with Gasteiger partial charge < -0.3 is 15.1 Å². The minimum atomic E-state index is 0.271. The van der Waals surface area contributed by atoms with Gasteiger partial charge in [-0.1, -0.05) is 36.4 Å². The second-order valence-electron chi connectivity index (χ2n) is 6.89. The van der Waals surface area contributed by atoms with Crippen molar-refractivity contribution in [3.8, 4) is 11.5 Å². The fourth-order valence-electron chi connectivity index (χ4n) is 2.93.